The van der Waals surface area contributed by atoms with Gasteiger partial charge < -0.3 is 31.6 Å². The summed E-state index contributed by atoms with van der Waals surface area (Å²) in [5.41, 5.74) is 16.4. The van der Waals surface area contributed by atoms with E-state index in [2.05, 4.69) is 31.0 Å². The highest BCUT2D eigenvalue weighted by atomic mass is 32.2. The molecule has 1 aromatic heterocycles. The standard InChI is InChI=1S/C30H43N9O8S/c1-16(2)12-22(27(41)37-38-32)34-29(43)25(17(3)4)36-28(42)24-10-7-11-39(24)30(44)23(15-48(45,46)47)35-26(40)20(31)13-18-14-33-21-9-6-5-8-19(18)21/h5-6,8-9,14,16-17,20,22-25,33H,7,10-13,15,31H2,1-4H3,(H,34,43)(H,35,40)(H,36,42)(H,45,46,47)/t20-,22+,23-,24+,25-/m1/s1. The monoisotopic (exact) mass is 689 g/mol. The van der Waals surface area contributed by atoms with Gasteiger partial charge in [-0.1, -0.05) is 45.9 Å². The number of amides is 5. The first-order valence-corrected chi connectivity index (χ1v) is 17.2. The maximum absolute atomic E-state index is 13.7. The molecular weight excluding hydrogens is 646 g/mol. The van der Waals surface area contributed by atoms with Crippen molar-refractivity contribution in [1.29, 1.82) is 0 Å². The molecule has 1 aliphatic rings. The lowest BCUT2D eigenvalue weighted by atomic mass is 9.99. The Morgan fingerprint density at radius 1 is 1.08 bits per heavy atom. The van der Waals surface area contributed by atoms with Crippen LogP contribution in [0.5, 0.6) is 0 Å². The van der Waals surface area contributed by atoms with E-state index in [1.165, 1.54) is 0 Å². The number of para-hydroxylation sites is 1. The van der Waals surface area contributed by atoms with Crippen LogP contribution >= 0.6 is 0 Å². The molecule has 262 valence electrons. The molecule has 1 aliphatic heterocycles. The molecule has 0 saturated carbocycles. The highest BCUT2D eigenvalue weighted by molar-refractivity contribution is 7.85. The number of nitrogens with two attached hydrogens (primary N) is 1. The number of H-pyrrole nitrogens is 1. The lowest BCUT2D eigenvalue weighted by molar-refractivity contribution is -0.142. The Hall–Kier alpha value is -4.51. The zero-order valence-electron chi connectivity index (χ0n) is 27.3. The zero-order chi connectivity index (χ0) is 35.8. The first kappa shape index (κ1) is 37.9. The Bertz CT molecular complexity index is 1670. The van der Waals surface area contributed by atoms with Gasteiger partial charge in [-0.2, -0.15) is 8.42 Å². The van der Waals surface area contributed by atoms with Gasteiger partial charge in [0.25, 0.3) is 10.1 Å². The molecule has 48 heavy (non-hydrogen) atoms. The van der Waals surface area contributed by atoms with Gasteiger partial charge in [0.05, 0.1) is 12.1 Å². The van der Waals surface area contributed by atoms with Crippen LogP contribution < -0.4 is 21.7 Å². The van der Waals surface area contributed by atoms with Crippen molar-refractivity contribution in [1.82, 2.24) is 25.8 Å². The number of rotatable bonds is 15. The number of aromatic amines is 1. The van der Waals surface area contributed by atoms with Crippen LogP contribution in [-0.4, -0.2) is 94.9 Å². The second kappa shape index (κ2) is 16.5. The summed E-state index contributed by atoms with van der Waals surface area (Å²) in [7, 11) is -4.78. The summed E-state index contributed by atoms with van der Waals surface area (Å²) in [5.74, 6) is -5.75. The van der Waals surface area contributed by atoms with Gasteiger partial charge in [-0.15, -0.1) is 0 Å². The Morgan fingerprint density at radius 3 is 2.38 bits per heavy atom. The average Bonchev–Trinajstić information content (AvgIpc) is 3.65. The van der Waals surface area contributed by atoms with Crippen molar-refractivity contribution in [2.24, 2.45) is 22.7 Å². The molecule has 1 aromatic carbocycles. The van der Waals surface area contributed by atoms with Crippen molar-refractivity contribution in [2.75, 3.05) is 12.3 Å². The van der Waals surface area contributed by atoms with E-state index in [9.17, 15) is 36.9 Å². The van der Waals surface area contributed by atoms with E-state index in [1.54, 1.807) is 20.0 Å². The summed E-state index contributed by atoms with van der Waals surface area (Å²) in [6.07, 6.45) is 2.45. The molecule has 18 heteroatoms. The first-order chi connectivity index (χ1) is 22.5. The molecule has 0 radical (unpaired) electrons. The Labute approximate surface area is 278 Å². The van der Waals surface area contributed by atoms with Crippen molar-refractivity contribution in [3.05, 3.63) is 46.5 Å². The van der Waals surface area contributed by atoms with Gasteiger partial charge in [-0.25, -0.2) is 0 Å². The van der Waals surface area contributed by atoms with Crippen molar-refractivity contribution in [2.45, 2.75) is 83.6 Å². The molecule has 7 N–H and O–H groups in total. The molecular formula is C30H43N9O8S. The first-order valence-electron chi connectivity index (χ1n) is 15.6. The third kappa shape index (κ3) is 10.2. The van der Waals surface area contributed by atoms with Gasteiger partial charge in [0.15, 0.2) is 0 Å². The van der Waals surface area contributed by atoms with Crippen LogP contribution in [0.25, 0.3) is 21.3 Å². The van der Waals surface area contributed by atoms with E-state index >= 15 is 0 Å². The SMILES string of the molecule is CC(C)C[C@H](NC(=O)[C@H](NC(=O)[C@@H]1CCCN1C(=O)[C@@H](CS(=O)(=O)O)NC(=O)[C@H](N)Cc1c[nH]c2ccccc12)C(C)C)C(=O)N=[N+]=[N-]. The molecule has 3 rings (SSSR count). The summed E-state index contributed by atoms with van der Waals surface area (Å²) in [6, 6.07) is 0.990. The van der Waals surface area contributed by atoms with E-state index in [4.69, 9.17) is 11.3 Å². The number of carbonyl (C=O) groups is 5. The summed E-state index contributed by atoms with van der Waals surface area (Å²) >= 11 is 0. The van der Waals surface area contributed by atoms with Crippen molar-refractivity contribution >= 4 is 50.6 Å². The van der Waals surface area contributed by atoms with Gasteiger partial charge >= 0.3 is 0 Å². The summed E-state index contributed by atoms with van der Waals surface area (Å²) in [6.45, 7) is 6.97. The van der Waals surface area contributed by atoms with Crippen LogP contribution in [0, 0.1) is 11.8 Å². The minimum Gasteiger partial charge on any atom is -0.361 e. The molecule has 2 heterocycles. The number of aromatic nitrogens is 1. The number of nitrogens with zero attached hydrogens (tertiary/aromatic N) is 4. The Kier molecular flexibility index (Phi) is 13.1. The second-order valence-corrected chi connectivity index (χ2v) is 14.1. The maximum atomic E-state index is 13.7. The fraction of sp³-hybridized carbons (Fsp3) is 0.567. The van der Waals surface area contributed by atoms with Gasteiger partial charge in [-0.3, -0.25) is 28.5 Å². The van der Waals surface area contributed by atoms with Crippen molar-refractivity contribution in [3.63, 3.8) is 0 Å². The molecule has 5 amide bonds. The van der Waals surface area contributed by atoms with Gasteiger partial charge in [0.1, 0.15) is 23.9 Å². The predicted octanol–water partition coefficient (Wildman–Crippen LogP) is 0.910. The Morgan fingerprint density at radius 2 is 1.75 bits per heavy atom. The third-order valence-electron chi connectivity index (χ3n) is 7.99. The number of hydrogen-bond donors (Lipinski definition) is 6. The van der Waals surface area contributed by atoms with E-state index in [0.29, 0.717) is 6.42 Å². The van der Waals surface area contributed by atoms with Crippen molar-refractivity contribution < 1.29 is 36.9 Å². The lowest BCUT2D eigenvalue weighted by Crippen LogP contribution is -2.60. The smallest absolute Gasteiger partial charge is 0.267 e. The normalized spacial score (nSPS) is 17.3. The van der Waals surface area contributed by atoms with E-state index in [0.717, 1.165) is 21.4 Å². The molecule has 17 nitrogen and oxygen atoms in total. The molecule has 1 fully saturated rings. The Balaban J connectivity index is 1.75. The molecule has 0 spiro atoms. The van der Waals surface area contributed by atoms with Crippen LogP contribution in [0.1, 0.15) is 52.5 Å². The number of carbonyl (C=O) groups excluding carboxylic acids is 5. The number of azide groups is 1. The molecule has 1 saturated heterocycles. The topological polar surface area (TPSA) is 270 Å². The molecule has 0 aliphatic carbocycles. The highest BCUT2D eigenvalue weighted by Crippen LogP contribution is 2.21. The minimum atomic E-state index is -4.78. The summed E-state index contributed by atoms with van der Waals surface area (Å²) < 4.78 is 33.4. The van der Waals surface area contributed by atoms with E-state index in [-0.39, 0.29) is 31.7 Å². The number of hydrogen-bond acceptors (Lipinski definition) is 8. The zero-order valence-corrected chi connectivity index (χ0v) is 28.1. The third-order valence-corrected chi connectivity index (χ3v) is 8.75. The predicted molar refractivity (Wildman–Crippen MR) is 175 cm³/mol. The quantitative estimate of drug-likeness (QED) is 0.0670. The van der Waals surface area contributed by atoms with Crippen molar-refractivity contribution in [3.8, 4) is 0 Å². The minimum absolute atomic E-state index is 0.0336. The molecule has 0 unspecified atom stereocenters. The van der Waals surface area contributed by atoms with Crippen LogP contribution in [0.15, 0.2) is 35.6 Å². The molecule has 2 aromatic rings. The summed E-state index contributed by atoms with van der Waals surface area (Å²) in [5, 5.41) is 11.4. The number of fused-ring (bicyclic) bond motifs is 1. The van der Waals surface area contributed by atoms with Crippen LogP contribution in [-0.2, 0) is 40.5 Å². The number of benzene rings is 1. The molecule has 0 bridgehead atoms. The van der Waals surface area contributed by atoms with Crippen LogP contribution in [0.2, 0.25) is 0 Å². The highest BCUT2D eigenvalue weighted by Gasteiger charge is 2.41. The fourth-order valence-corrected chi connectivity index (χ4v) is 6.30. The number of likely N-dealkylation sites (tertiary alicyclic amines) is 1. The van der Waals surface area contributed by atoms with Gasteiger partial charge in [0.2, 0.25) is 29.5 Å². The van der Waals surface area contributed by atoms with E-state index in [1.807, 2.05) is 38.1 Å². The van der Waals surface area contributed by atoms with Crippen LogP contribution in [0.4, 0.5) is 0 Å². The average molecular weight is 690 g/mol. The van der Waals surface area contributed by atoms with E-state index < -0.39 is 81.5 Å². The lowest BCUT2D eigenvalue weighted by Gasteiger charge is -2.31. The van der Waals surface area contributed by atoms with Gasteiger partial charge in [-0.05, 0) is 59.8 Å². The fourth-order valence-electron chi connectivity index (χ4n) is 5.65. The van der Waals surface area contributed by atoms with Crippen LogP contribution in [0.3, 0.4) is 0 Å². The maximum Gasteiger partial charge on any atom is 0.267 e. The summed E-state index contributed by atoms with van der Waals surface area (Å²) in [4.78, 5) is 72.5. The number of nitrogens with one attached hydrogen (secondary N) is 4. The second-order valence-electron chi connectivity index (χ2n) is 12.6. The largest absolute Gasteiger partial charge is 0.361 e. The van der Waals surface area contributed by atoms with Gasteiger partial charge in [0, 0.05) is 28.6 Å². The molecule has 5 atom stereocenters.